The minimum atomic E-state index is -1.13. The molecule has 142 valence electrons. The van der Waals surface area contributed by atoms with Gasteiger partial charge in [-0.3, -0.25) is 25.5 Å². The number of rotatable bonds is 9. The number of ether oxygens (including phenoxy) is 2. The van der Waals surface area contributed by atoms with Crippen molar-refractivity contribution in [2.24, 2.45) is 5.84 Å². The molecule has 26 heavy (non-hydrogen) atoms. The van der Waals surface area contributed by atoms with Crippen molar-refractivity contribution in [3.63, 3.8) is 0 Å². The number of carbonyl (C=O) groups excluding carboxylic acids is 4. The van der Waals surface area contributed by atoms with Crippen LogP contribution in [0.2, 0.25) is 0 Å². The van der Waals surface area contributed by atoms with Gasteiger partial charge in [0.05, 0.1) is 13.0 Å². The van der Waals surface area contributed by atoms with Gasteiger partial charge in [0.2, 0.25) is 11.8 Å². The Hall–Kier alpha value is -2.98. The Morgan fingerprint density at radius 1 is 1.12 bits per heavy atom. The number of hydrogen-bond acceptors (Lipinski definition) is 8. The Balaban J connectivity index is 2.37. The number of esters is 1. The average Bonchev–Trinajstić information content (AvgIpc) is 2.63. The van der Waals surface area contributed by atoms with Gasteiger partial charge in [-0.1, -0.05) is 30.3 Å². The molecule has 10 nitrogen and oxygen atoms in total. The number of benzene rings is 1. The van der Waals surface area contributed by atoms with Gasteiger partial charge < -0.3 is 14.8 Å². The summed E-state index contributed by atoms with van der Waals surface area (Å²) in [6.07, 6.45) is -1.37. The van der Waals surface area contributed by atoms with E-state index in [1.165, 1.54) is 0 Å². The van der Waals surface area contributed by atoms with Gasteiger partial charge >= 0.3 is 12.1 Å². The lowest BCUT2D eigenvalue weighted by molar-refractivity contribution is -0.143. The number of imide groups is 1. The summed E-state index contributed by atoms with van der Waals surface area (Å²) in [5, 5.41) is 4.26. The second-order valence-corrected chi connectivity index (χ2v) is 5.06. The fourth-order valence-electron chi connectivity index (χ4n) is 1.83. The van der Waals surface area contributed by atoms with Crippen LogP contribution in [0.4, 0.5) is 4.79 Å². The van der Waals surface area contributed by atoms with E-state index in [2.05, 4.69) is 15.5 Å². The zero-order chi connectivity index (χ0) is 19.4. The maximum Gasteiger partial charge on any atom is 0.414 e. The molecule has 0 bridgehead atoms. The third-order valence-corrected chi connectivity index (χ3v) is 3.07. The van der Waals surface area contributed by atoms with E-state index in [0.717, 1.165) is 5.56 Å². The molecule has 0 spiro atoms. The van der Waals surface area contributed by atoms with Gasteiger partial charge in [0.1, 0.15) is 19.2 Å². The second kappa shape index (κ2) is 11.6. The summed E-state index contributed by atoms with van der Waals surface area (Å²) in [4.78, 5) is 46.4. The van der Waals surface area contributed by atoms with Gasteiger partial charge in [0.25, 0.3) is 0 Å². The van der Waals surface area contributed by atoms with Crippen LogP contribution in [0, 0.1) is 0 Å². The van der Waals surface area contributed by atoms with Crippen LogP contribution in [0.3, 0.4) is 0 Å². The predicted molar refractivity (Wildman–Crippen MR) is 90.1 cm³/mol. The quantitative estimate of drug-likeness (QED) is 0.256. The molecule has 0 aliphatic rings. The molecule has 3 amide bonds. The Morgan fingerprint density at radius 2 is 1.81 bits per heavy atom. The predicted octanol–water partition coefficient (Wildman–Crippen LogP) is -0.659. The van der Waals surface area contributed by atoms with Crippen LogP contribution in [-0.4, -0.2) is 43.1 Å². The standard InChI is InChI=1S/C16H22N4O6/c1-2-25-14(22)9-18-15(23)12(20-17)8-13(21)19-16(24)26-10-11-6-4-3-5-7-11/h3-7,12,20H,2,8-10,17H2,1H3,(H,18,23)(H,19,21,24). The van der Waals surface area contributed by atoms with E-state index in [4.69, 9.17) is 10.6 Å². The van der Waals surface area contributed by atoms with Crippen molar-refractivity contribution in [1.29, 1.82) is 0 Å². The summed E-state index contributed by atoms with van der Waals surface area (Å²) in [6, 6.07) is 7.78. The van der Waals surface area contributed by atoms with Crippen molar-refractivity contribution in [1.82, 2.24) is 16.1 Å². The first-order chi connectivity index (χ1) is 12.5. The third kappa shape index (κ3) is 8.22. The molecule has 0 radical (unpaired) electrons. The summed E-state index contributed by atoms with van der Waals surface area (Å²) in [5.41, 5.74) is 2.90. The molecular formula is C16H22N4O6. The van der Waals surface area contributed by atoms with Crippen LogP contribution >= 0.6 is 0 Å². The largest absolute Gasteiger partial charge is 0.465 e. The van der Waals surface area contributed by atoms with Gasteiger partial charge in [0.15, 0.2) is 0 Å². The number of amides is 3. The molecule has 0 aliphatic heterocycles. The van der Waals surface area contributed by atoms with E-state index in [0.29, 0.717) is 0 Å². The highest BCUT2D eigenvalue weighted by Gasteiger charge is 2.22. The first-order valence-corrected chi connectivity index (χ1v) is 7.86. The second-order valence-electron chi connectivity index (χ2n) is 5.06. The molecule has 0 heterocycles. The SMILES string of the molecule is CCOC(=O)CNC(=O)C(CC(=O)NC(=O)OCc1ccccc1)NN. The molecule has 10 heteroatoms. The Labute approximate surface area is 150 Å². The molecule has 0 fully saturated rings. The number of nitrogens with two attached hydrogens (primary N) is 1. The van der Waals surface area contributed by atoms with Gasteiger partial charge in [-0.25, -0.2) is 10.2 Å². The molecule has 0 aromatic heterocycles. The van der Waals surface area contributed by atoms with Crippen molar-refractivity contribution in [3.05, 3.63) is 35.9 Å². The summed E-state index contributed by atoms with van der Waals surface area (Å²) in [5.74, 6) is 3.16. The van der Waals surface area contributed by atoms with Crippen molar-refractivity contribution >= 4 is 23.9 Å². The molecule has 0 saturated carbocycles. The van der Waals surface area contributed by atoms with Gasteiger partial charge in [-0.15, -0.1) is 0 Å². The highest BCUT2D eigenvalue weighted by atomic mass is 16.5. The molecule has 0 aliphatic carbocycles. The molecule has 1 atom stereocenters. The molecule has 1 aromatic rings. The van der Waals surface area contributed by atoms with Crippen LogP contribution < -0.4 is 21.9 Å². The zero-order valence-corrected chi connectivity index (χ0v) is 14.3. The summed E-state index contributed by atoms with van der Waals surface area (Å²) in [7, 11) is 0. The van der Waals surface area contributed by atoms with E-state index in [-0.39, 0.29) is 19.8 Å². The van der Waals surface area contributed by atoms with Crippen LogP contribution in [0.15, 0.2) is 30.3 Å². The molecule has 1 aromatic carbocycles. The Morgan fingerprint density at radius 3 is 2.42 bits per heavy atom. The molecule has 1 rings (SSSR count). The normalized spacial score (nSPS) is 11.2. The minimum absolute atomic E-state index is 0.00144. The maximum absolute atomic E-state index is 11.9. The highest BCUT2D eigenvalue weighted by Crippen LogP contribution is 2.00. The van der Waals surface area contributed by atoms with Crippen LogP contribution in [-0.2, 0) is 30.5 Å². The lowest BCUT2D eigenvalue weighted by atomic mass is 10.2. The number of alkyl carbamates (subject to hydrolysis) is 1. The minimum Gasteiger partial charge on any atom is -0.465 e. The van der Waals surface area contributed by atoms with Gasteiger partial charge in [-0.2, -0.15) is 0 Å². The van der Waals surface area contributed by atoms with E-state index < -0.39 is 36.3 Å². The van der Waals surface area contributed by atoms with Crippen molar-refractivity contribution in [2.45, 2.75) is 26.0 Å². The number of carbonyl (C=O) groups is 4. The Bertz CT molecular complexity index is 622. The first kappa shape index (κ1) is 21.1. The highest BCUT2D eigenvalue weighted by molar-refractivity contribution is 5.95. The summed E-state index contributed by atoms with van der Waals surface area (Å²) in [6.45, 7) is 1.45. The fraction of sp³-hybridized carbons (Fsp3) is 0.375. The van der Waals surface area contributed by atoms with E-state index in [1.807, 2.05) is 11.4 Å². The Kier molecular flexibility index (Phi) is 9.36. The maximum atomic E-state index is 11.9. The lowest BCUT2D eigenvalue weighted by Gasteiger charge is -2.15. The van der Waals surface area contributed by atoms with E-state index >= 15 is 0 Å². The molecule has 1 unspecified atom stereocenters. The van der Waals surface area contributed by atoms with Crippen LogP contribution in [0.1, 0.15) is 18.9 Å². The van der Waals surface area contributed by atoms with Crippen molar-refractivity contribution < 1.29 is 28.7 Å². The topological polar surface area (TPSA) is 149 Å². The van der Waals surface area contributed by atoms with Gasteiger partial charge in [0, 0.05) is 0 Å². The third-order valence-electron chi connectivity index (χ3n) is 3.07. The molecule has 5 N–H and O–H groups in total. The number of hydrogen-bond donors (Lipinski definition) is 4. The van der Waals surface area contributed by atoms with Crippen LogP contribution in [0.5, 0.6) is 0 Å². The number of hydrazine groups is 1. The molecular weight excluding hydrogens is 344 g/mol. The zero-order valence-electron chi connectivity index (χ0n) is 14.3. The fourth-order valence-corrected chi connectivity index (χ4v) is 1.83. The van der Waals surface area contributed by atoms with Gasteiger partial charge in [-0.05, 0) is 12.5 Å². The van der Waals surface area contributed by atoms with Crippen molar-refractivity contribution in [3.8, 4) is 0 Å². The average molecular weight is 366 g/mol. The van der Waals surface area contributed by atoms with Crippen molar-refractivity contribution in [2.75, 3.05) is 13.2 Å². The van der Waals surface area contributed by atoms with Crippen LogP contribution in [0.25, 0.3) is 0 Å². The summed E-state index contributed by atoms with van der Waals surface area (Å²) >= 11 is 0. The van der Waals surface area contributed by atoms with E-state index in [1.54, 1.807) is 31.2 Å². The smallest absolute Gasteiger partial charge is 0.414 e. The monoisotopic (exact) mass is 366 g/mol. The number of nitrogens with one attached hydrogen (secondary N) is 3. The molecule has 0 saturated heterocycles. The lowest BCUT2D eigenvalue weighted by Crippen LogP contribution is -2.51. The summed E-state index contributed by atoms with van der Waals surface area (Å²) < 4.78 is 9.55. The van der Waals surface area contributed by atoms with E-state index in [9.17, 15) is 19.2 Å². The first-order valence-electron chi connectivity index (χ1n) is 7.86.